The first-order valence-corrected chi connectivity index (χ1v) is 15.3. The van der Waals surface area contributed by atoms with E-state index in [0.717, 1.165) is 69.0 Å². The van der Waals surface area contributed by atoms with Gasteiger partial charge in [-0.2, -0.15) is 0 Å². The Balaban J connectivity index is 1.30. The first-order chi connectivity index (χ1) is 19.5. The predicted molar refractivity (Wildman–Crippen MR) is 169 cm³/mol. The van der Waals surface area contributed by atoms with Crippen molar-refractivity contribution in [3.8, 4) is 11.1 Å². The highest BCUT2D eigenvalue weighted by molar-refractivity contribution is 5.94. The molecule has 0 aliphatic carbocycles. The van der Waals surface area contributed by atoms with E-state index >= 15 is 0 Å². The number of nitrogens with zero attached hydrogens (tertiary/aromatic N) is 5. The molecule has 2 fully saturated rings. The Labute approximate surface area is 245 Å². The van der Waals surface area contributed by atoms with E-state index in [1.165, 1.54) is 22.5 Å². The van der Waals surface area contributed by atoms with Crippen LogP contribution in [0.5, 0.6) is 0 Å². The molecule has 222 valence electrons. The quantitative estimate of drug-likeness (QED) is 0.410. The zero-order chi connectivity index (χ0) is 29.3. The lowest BCUT2D eigenvalue weighted by atomic mass is 9.95. The standard InChI is InChI=1S/C33H48N6O2/c1-23(2)37-16-18-38(19-17-37)28-10-8-26(9-11-28)27-20-29-31(35-24(3)36(29)7)30(21-27)39-14-12-25(13-15-39)22-34-32(40)41-33(4,5)6/h8-11,20-21,23,25H,12-19,22H2,1-7H3,(H,34,40). The molecular weight excluding hydrogens is 512 g/mol. The summed E-state index contributed by atoms with van der Waals surface area (Å²) in [5.41, 5.74) is 6.71. The van der Waals surface area contributed by atoms with Crippen molar-refractivity contribution >= 4 is 28.5 Å². The number of alkyl carbamates (subject to hydrolysis) is 1. The van der Waals surface area contributed by atoms with Crippen LogP contribution in [0.1, 0.15) is 53.3 Å². The number of imidazole rings is 1. The number of piperazine rings is 1. The average Bonchev–Trinajstić information content (AvgIpc) is 3.24. The molecule has 0 bridgehead atoms. The zero-order valence-electron chi connectivity index (χ0n) is 26.0. The largest absolute Gasteiger partial charge is 0.444 e. The van der Waals surface area contributed by atoms with Gasteiger partial charge in [0.15, 0.2) is 0 Å². The third kappa shape index (κ3) is 6.80. The van der Waals surface area contributed by atoms with Crippen molar-refractivity contribution in [2.45, 2.75) is 66.0 Å². The highest BCUT2D eigenvalue weighted by Gasteiger charge is 2.25. The summed E-state index contributed by atoms with van der Waals surface area (Å²) in [5, 5.41) is 2.97. The lowest BCUT2D eigenvalue weighted by molar-refractivity contribution is 0.0517. The molecule has 41 heavy (non-hydrogen) atoms. The number of aromatic nitrogens is 2. The molecule has 1 N–H and O–H groups in total. The van der Waals surface area contributed by atoms with Crippen molar-refractivity contribution in [3.05, 3.63) is 42.2 Å². The summed E-state index contributed by atoms with van der Waals surface area (Å²) in [7, 11) is 2.10. The summed E-state index contributed by atoms with van der Waals surface area (Å²) >= 11 is 0. The van der Waals surface area contributed by atoms with Gasteiger partial charge in [0, 0.05) is 64.6 Å². The van der Waals surface area contributed by atoms with Gasteiger partial charge in [0.2, 0.25) is 0 Å². The van der Waals surface area contributed by atoms with Crippen LogP contribution < -0.4 is 15.1 Å². The Morgan fingerprint density at radius 1 is 0.976 bits per heavy atom. The van der Waals surface area contributed by atoms with E-state index in [1.54, 1.807) is 0 Å². The third-order valence-corrected chi connectivity index (χ3v) is 8.69. The van der Waals surface area contributed by atoms with Gasteiger partial charge < -0.3 is 24.4 Å². The second kappa shape index (κ2) is 11.9. The van der Waals surface area contributed by atoms with Crippen molar-refractivity contribution in [1.29, 1.82) is 0 Å². The Morgan fingerprint density at radius 3 is 2.24 bits per heavy atom. The second-order valence-electron chi connectivity index (χ2n) is 13.1. The van der Waals surface area contributed by atoms with Gasteiger partial charge >= 0.3 is 6.09 Å². The highest BCUT2D eigenvalue weighted by Crippen LogP contribution is 2.36. The fraction of sp³-hybridized carbons (Fsp3) is 0.576. The summed E-state index contributed by atoms with van der Waals surface area (Å²) in [4.78, 5) is 24.6. The van der Waals surface area contributed by atoms with Crippen LogP contribution in [0.4, 0.5) is 16.2 Å². The van der Waals surface area contributed by atoms with E-state index in [2.05, 4.69) is 88.8 Å². The number of hydrogen-bond acceptors (Lipinski definition) is 6. The van der Waals surface area contributed by atoms with Crippen molar-refractivity contribution in [2.24, 2.45) is 13.0 Å². The number of anilines is 2. The molecule has 2 saturated heterocycles. The minimum Gasteiger partial charge on any atom is -0.444 e. The fourth-order valence-corrected chi connectivity index (χ4v) is 6.07. The molecule has 3 heterocycles. The molecule has 1 amide bonds. The van der Waals surface area contributed by atoms with Gasteiger partial charge in [-0.25, -0.2) is 9.78 Å². The molecule has 0 atom stereocenters. The maximum Gasteiger partial charge on any atom is 0.407 e. The van der Waals surface area contributed by atoms with Crippen LogP contribution in [0.3, 0.4) is 0 Å². The number of piperidine rings is 1. The monoisotopic (exact) mass is 560 g/mol. The molecule has 5 rings (SSSR count). The second-order valence-corrected chi connectivity index (χ2v) is 13.1. The lowest BCUT2D eigenvalue weighted by Crippen LogP contribution is -2.48. The Bertz CT molecular complexity index is 1340. The van der Waals surface area contributed by atoms with Crippen molar-refractivity contribution < 1.29 is 9.53 Å². The minimum atomic E-state index is -0.478. The van der Waals surface area contributed by atoms with Crippen LogP contribution in [0, 0.1) is 12.8 Å². The number of amides is 1. The summed E-state index contributed by atoms with van der Waals surface area (Å²) in [6.45, 7) is 19.2. The molecule has 2 aromatic carbocycles. The van der Waals surface area contributed by atoms with Gasteiger partial charge in [0.1, 0.15) is 16.9 Å². The van der Waals surface area contributed by atoms with Crippen molar-refractivity contribution in [3.63, 3.8) is 0 Å². The third-order valence-electron chi connectivity index (χ3n) is 8.69. The number of carbonyl (C=O) groups excluding carboxylic acids is 1. The smallest absolute Gasteiger partial charge is 0.407 e. The van der Waals surface area contributed by atoms with E-state index in [1.807, 2.05) is 20.8 Å². The van der Waals surface area contributed by atoms with Crippen LogP contribution >= 0.6 is 0 Å². The number of rotatable bonds is 6. The van der Waals surface area contributed by atoms with Crippen LogP contribution in [0.2, 0.25) is 0 Å². The molecule has 2 aliphatic rings. The van der Waals surface area contributed by atoms with E-state index in [-0.39, 0.29) is 6.09 Å². The molecule has 0 unspecified atom stereocenters. The molecule has 8 nitrogen and oxygen atoms in total. The van der Waals surface area contributed by atoms with E-state index in [4.69, 9.17) is 9.72 Å². The van der Waals surface area contributed by atoms with Gasteiger partial charge in [-0.1, -0.05) is 12.1 Å². The molecule has 2 aliphatic heterocycles. The maximum atomic E-state index is 12.1. The summed E-state index contributed by atoms with van der Waals surface area (Å²) < 4.78 is 7.61. The van der Waals surface area contributed by atoms with Crippen molar-refractivity contribution in [1.82, 2.24) is 19.8 Å². The highest BCUT2D eigenvalue weighted by atomic mass is 16.6. The molecule has 0 spiro atoms. The van der Waals surface area contributed by atoms with Gasteiger partial charge in [-0.05, 0) is 95.7 Å². The molecule has 0 radical (unpaired) electrons. The van der Waals surface area contributed by atoms with E-state index in [0.29, 0.717) is 18.5 Å². The number of carbonyl (C=O) groups is 1. The van der Waals surface area contributed by atoms with Crippen LogP contribution in [0.15, 0.2) is 36.4 Å². The van der Waals surface area contributed by atoms with Crippen LogP contribution in [-0.2, 0) is 11.8 Å². The zero-order valence-corrected chi connectivity index (χ0v) is 26.0. The predicted octanol–water partition coefficient (Wildman–Crippen LogP) is 5.82. The number of ether oxygens (including phenoxy) is 1. The number of aryl methyl sites for hydroxylation is 2. The van der Waals surface area contributed by atoms with Crippen LogP contribution in [0.25, 0.3) is 22.2 Å². The fourth-order valence-electron chi connectivity index (χ4n) is 6.07. The molecular formula is C33H48N6O2. The lowest BCUT2D eigenvalue weighted by Gasteiger charge is -2.38. The summed E-state index contributed by atoms with van der Waals surface area (Å²) in [5.74, 6) is 1.46. The van der Waals surface area contributed by atoms with E-state index < -0.39 is 5.60 Å². The topological polar surface area (TPSA) is 65.9 Å². The normalized spacial score (nSPS) is 17.5. The first kappa shape index (κ1) is 29.2. The minimum absolute atomic E-state index is 0.331. The van der Waals surface area contributed by atoms with Crippen LogP contribution in [-0.4, -0.2) is 78.0 Å². The Morgan fingerprint density at radius 2 is 1.63 bits per heavy atom. The maximum absolute atomic E-state index is 12.1. The number of benzene rings is 2. The van der Waals surface area contributed by atoms with Gasteiger partial charge in [-0.3, -0.25) is 4.90 Å². The molecule has 0 saturated carbocycles. The summed E-state index contributed by atoms with van der Waals surface area (Å²) in [6, 6.07) is 14.3. The number of nitrogens with one attached hydrogen (secondary N) is 1. The van der Waals surface area contributed by atoms with E-state index in [9.17, 15) is 4.79 Å². The van der Waals surface area contributed by atoms with Gasteiger partial charge in [0.05, 0.1) is 11.2 Å². The molecule has 1 aromatic heterocycles. The summed E-state index contributed by atoms with van der Waals surface area (Å²) in [6.07, 6.45) is 1.71. The average molecular weight is 561 g/mol. The first-order valence-electron chi connectivity index (χ1n) is 15.3. The number of hydrogen-bond donors (Lipinski definition) is 1. The Kier molecular flexibility index (Phi) is 8.50. The SMILES string of the molecule is Cc1nc2c(N3CCC(CNC(=O)OC(C)(C)C)CC3)cc(-c3ccc(N4CCN(C(C)C)CC4)cc3)cc2n1C. The van der Waals surface area contributed by atoms with Gasteiger partial charge in [-0.15, -0.1) is 0 Å². The number of fused-ring (bicyclic) bond motifs is 1. The van der Waals surface area contributed by atoms with Crippen molar-refractivity contribution in [2.75, 3.05) is 55.6 Å². The van der Waals surface area contributed by atoms with Gasteiger partial charge in [0.25, 0.3) is 0 Å². The molecule has 3 aromatic rings. The Hall–Kier alpha value is -3.26. The molecule has 8 heteroatoms.